The van der Waals surface area contributed by atoms with Crippen LogP contribution in [0, 0.1) is 0 Å². The Bertz CT molecular complexity index is 148. The smallest absolute Gasteiger partial charge is 0.171 e. The highest BCUT2D eigenvalue weighted by atomic mass is 16.7. The maximum absolute atomic E-state index is 5.19. The standard InChI is InChI=1S/C12H28N2O2/c1-6-14(7-2)10-8-9-13-11(3)12(15-4)16-5/h11-13H,6-10H2,1-5H3. The topological polar surface area (TPSA) is 33.7 Å². The Kier molecular flexibility index (Phi) is 9.92. The van der Waals surface area contributed by atoms with Crippen LogP contribution in [-0.2, 0) is 9.47 Å². The number of hydrogen-bond acceptors (Lipinski definition) is 4. The molecule has 0 bridgehead atoms. The second-order valence-electron chi connectivity index (χ2n) is 3.96. The zero-order valence-corrected chi connectivity index (χ0v) is 11.5. The van der Waals surface area contributed by atoms with Crippen molar-refractivity contribution in [1.82, 2.24) is 10.2 Å². The van der Waals surface area contributed by atoms with Gasteiger partial charge in [0.15, 0.2) is 6.29 Å². The van der Waals surface area contributed by atoms with Crippen molar-refractivity contribution in [1.29, 1.82) is 0 Å². The third kappa shape index (κ3) is 6.43. The molecule has 0 radical (unpaired) electrons. The third-order valence-corrected chi connectivity index (χ3v) is 2.88. The van der Waals surface area contributed by atoms with E-state index in [0.29, 0.717) is 0 Å². The molecule has 1 atom stereocenters. The SMILES string of the molecule is CCN(CC)CCCNC(C)C(OC)OC. The lowest BCUT2D eigenvalue weighted by Crippen LogP contribution is -2.40. The van der Waals surface area contributed by atoms with E-state index in [0.717, 1.165) is 32.6 Å². The fourth-order valence-electron chi connectivity index (χ4n) is 1.77. The predicted molar refractivity (Wildman–Crippen MR) is 67.7 cm³/mol. The quantitative estimate of drug-likeness (QED) is 0.455. The maximum Gasteiger partial charge on any atom is 0.171 e. The van der Waals surface area contributed by atoms with Crippen LogP contribution in [0.15, 0.2) is 0 Å². The van der Waals surface area contributed by atoms with Gasteiger partial charge in [-0.1, -0.05) is 13.8 Å². The second-order valence-corrected chi connectivity index (χ2v) is 3.96. The van der Waals surface area contributed by atoms with Crippen molar-refractivity contribution in [3.05, 3.63) is 0 Å². The normalized spacial score (nSPS) is 13.7. The highest BCUT2D eigenvalue weighted by molar-refractivity contribution is 4.65. The van der Waals surface area contributed by atoms with Crippen LogP contribution in [0.2, 0.25) is 0 Å². The van der Waals surface area contributed by atoms with Gasteiger partial charge in [0, 0.05) is 14.2 Å². The van der Waals surface area contributed by atoms with Gasteiger partial charge in [0.1, 0.15) is 0 Å². The summed E-state index contributed by atoms with van der Waals surface area (Å²) in [6, 6.07) is 0.228. The van der Waals surface area contributed by atoms with Gasteiger partial charge < -0.3 is 19.7 Å². The Hall–Kier alpha value is -0.160. The molecule has 0 aliphatic rings. The molecule has 0 heterocycles. The van der Waals surface area contributed by atoms with Gasteiger partial charge in [0.2, 0.25) is 0 Å². The molecule has 0 aromatic heterocycles. The Balaban J connectivity index is 3.57. The van der Waals surface area contributed by atoms with Crippen molar-refractivity contribution >= 4 is 0 Å². The van der Waals surface area contributed by atoms with Crippen molar-refractivity contribution in [3.8, 4) is 0 Å². The number of methoxy groups -OCH3 is 2. The van der Waals surface area contributed by atoms with E-state index in [1.807, 2.05) is 0 Å². The summed E-state index contributed by atoms with van der Waals surface area (Å²) in [5.74, 6) is 0. The van der Waals surface area contributed by atoms with E-state index in [1.54, 1.807) is 14.2 Å². The number of rotatable bonds is 10. The minimum Gasteiger partial charge on any atom is -0.354 e. The van der Waals surface area contributed by atoms with Crippen LogP contribution in [0.4, 0.5) is 0 Å². The van der Waals surface area contributed by atoms with Crippen molar-refractivity contribution in [2.24, 2.45) is 0 Å². The summed E-state index contributed by atoms with van der Waals surface area (Å²) in [6.07, 6.45) is 1.00. The monoisotopic (exact) mass is 232 g/mol. The molecule has 0 amide bonds. The van der Waals surface area contributed by atoms with Crippen molar-refractivity contribution < 1.29 is 9.47 Å². The lowest BCUT2D eigenvalue weighted by atomic mass is 10.3. The van der Waals surface area contributed by atoms with E-state index >= 15 is 0 Å². The predicted octanol–water partition coefficient (Wildman–Crippen LogP) is 1.32. The summed E-state index contributed by atoms with van der Waals surface area (Å²) < 4.78 is 10.4. The molecular formula is C12H28N2O2. The first-order chi connectivity index (χ1) is 7.69. The summed E-state index contributed by atoms with van der Waals surface area (Å²) in [4.78, 5) is 2.43. The molecule has 0 rings (SSSR count). The average molecular weight is 232 g/mol. The van der Waals surface area contributed by atoms with Crippen LogP contribution in [0.25, 0.3) is 0 Å². The van der Waals surface area contributed by atoms with E-state index in [4.69, 9.17) is 9.47 Å². The Morgan fingerprint density at radius 2 is 1.69 bits per heavy atom. The van der Waals surface area contributed by atoms with Crippen LogP contribution >= 0.6 is 0 Å². The number of ether oxygens (including phenoxy) is 2. The summed E-state index contributed by atoms with van der Waals surface area (Å²) in [5.41, 5.74) is 0. The Morgan fingerprint density at radius 1 is 1.12 bits per heavy atom. The van der Waals surface area contributed by atoms with Gasteiger partial charge in [-0.2, -0.15) is 0 Å². The lowest BCUT2D eigenvalue weighted by Gasteiger charge is -2.23. The molecule has 0 fully saturated rings. The molecular weight excluding hydrogens is 204 g/mol. The molecule has 1 unspecified atom stereocenters. The highest BCUT2D eigenvalue weighted by Crippen LogP contribution is 1.98. The van der Waals surface area contributed by atoms with E-state index in [-0.39, 0.29) is 12.3 Å². The fourth-order valence-corrected chi connectivity index (χ4v) is 1.77. The minimum absolute atomic E-state index is 0.159. The number of nitrogens with zero attached hydrogens (tertiary/aromatic N) is 1. The van der Waals surface area contributed by atoms with Gasteiger partial charge in [-0.3, -0.25) is 0 Å². The summed E-state index contributed by atoms with van der Waals surface area (Å²) in [5, 5.41) is 3.41. The average Bonchev–Trinajstić information content (AvgIpc) is 2.31. The fraction of sp³-hybridized carbons (Fsp3) is 1.00. The molecule has 0 saturated carbocycles. The molecule has 0 aromatic carbocycles. The van der Waals surface area contributed by atoms with Gasteiger partial charge in [-0.25, -0.2) is 0 Å². The maximum atomic E-state index is 5.19. The van der Waals surface area contributed by atoms with Crippen LogP contribution in [0.1, 0.15) is 27.2 Å². The molecule has 4 nitrogen and oxygen atoms in total. The largest absolute Gasteiger partial charge is 0.354 e. The van der Waals surface area contributed by atoms with Crippen LogP contribution in [0.3, 0.4) is 0 Å². The molecule has 4 heteroatoms. The summed E-state index contributed by atoms with van der Waals surface area (Å²) in [6.45, 7) is 10.9. The van der Waals surface area contributed by atoms with Crippen LogP contribution in [-0.4, -0.2) is 57.6 Å². The van der Waals surface area contributed by atoms with E-state index < -0.39 is 0 Å². The van der Waals surface area contributed by atoms with Crippen LogP contribution < -0.4 is 5.32 Å². The molecule has 1 N–H and O–H groups in total. The number of nitrogens with one attached hydrogen (secondary N) is 1. The third-order valence-electron chi connectivity index (χ3n) is 2.88. The Morgan fingerprint density at radius 3 is 2.12 bits per heavy atom. The summed E-state index contributed by atoms with van der Waals surface area (Å²) >= 11 is 0. The first-order valence-electron chi connectivity index (χ1n) is 6.20. The van der Waals surface area contributed by atoms with E-state index in [2.05, 4.69) is 31.0 Å². The molecule has 16 heavy (non-hydrogen) atoms. The first kappa shape index (κ1) is 15.8. The van der Waals surface area contributed by atoms with Gasteiger partial charge in [-0.15, -0.1) is 0 Å². The van der Waals surface area contributed by atoms with E-state index in [9.17, 15) is 0 Å². The minimum atomic E-state index is -0.159. The molecule has 0 spiro atoms. The highest BCUT2D eigenvalue weighted by Gasteiger charge is 2.14. The lowest BCUT2D eigenvalue weighted by molar-refractivity contribution is -0.119. The van der Waals surface area contributed by atoms with E-state index in [1.165, 1.54) is 0 Å². The number of hydrogen-bond donors (Lipinski definition) is 1. The van der Waals surface area contributed by atoms with Crippen molar-refractivity contribution in [3.63, 3.8) is 0 Å². The zero-order valence-electron chi connectivity index (χ0n) is 11.5. The van der Waals surface area contributed by atoms with Crippen LogP contribution in [0.5, 0.6) is 0 Å². The Labute approximate surface area is 100 Å². The van der Waals surface area contributed by atoms with Crippen molar-refractivity contribution in [2.75, 3.05) is 40.4 Å². The molecule has 0 aliphatic carbocycles. The zero-order chi connectivity index (χ0) is 12.4. The summed E-state index contributed by atoms with van der Waals surface area (Å²) in [7, 11) is 3.34. The van der Waals surface area contributed by atoms with Gasteiger partial charge in [0.25, 0.3) is 0 Å². The van der Waals surface area contributed by atoms with Gasteiger partial charge in [-0.05, 0) is 39.5 Å². The molecule has 98 valence electrons. The van der Waals surface area contributed by atoms with Gasteiger partial charge >= 0.3 is 0 Å². The van der Waals surface area contributed by atoms with Gasteiger partial charge in [0.05, 0.1) is 6.04 Å². The molecule has 0 aromatic rings. The second kappa shape index (κ2) is 10.0. The van der Waals surface area contributed by atoms with Crippen molar-refractivity contribution in [2.45, 2.75) is 39.5 Å². The molecule has 0 saturated heterocycles. The first-order valence-corrected chi connectivity index (χ1v) is 6.20. The molecule has 0 aliphatic heterocycles.